The van der Waals surface area contributed by atoms with E-state index in [9.17, 15) is 14.9 Å². The number of carbonyl (C=O) groups is 1. The van der Waals surface area contributed by atoms with Crippen LogP contribution < -0.4 is 0 Å². The minimum atomic E-state index is -0.490. The molecule has 116 valence electrons. The number of non-ortho nitro benzene ring substituents is 1. The van der Waals surface area contributed by atoms with Crippen molar-refractivity contribution >= 4 is 11.7 Å². The summed E-state index contributed by atoms with van der Waals surface area (Å²) in [5.74, 6) is 1.07. The maximum absolute atomic E-state index is 12.3. The molecular weight excluding hydrogens is 294 g/mol. The Kier molecular flexibility index (Phi) is 3.15. The van der Waals surface area contributed by atoms with Crippen LogP contribution in [0.25, 0.3) is 0 Å². The Hall–Kier alpha value is -2.69. The molecule has 1 aromatic rings. The standard InChI is InChI=1S/C18H15NO4/c20-18(13-3-7-14(8-4-13)19(21)22)23-16-10-6-12-2-1-11-5-9-15(16)17(11)12/h1-12,15-17H/t11-,12+,15-,16-,17+/m1/s1. The normalized spacial score (nSPS) is 32.8. The van der Waals surface area contributed by atoms with Gasteiger partial charge in [-0.1, -0.05) is 30.4 Å². The number of ether oxygens (including phenoxy) is 1. The average Bonchev–Trinajstić information content (AvgIpc) is 3.16. The molecule has 3 aliphatic carbocycles. The van der Waals surface area contributed by atoms with E-state index in [4.69, 9.17) is 4.74 Å². The molecule has 1 aromatic carbocycles. The molecule has 0 bridgehead atoms. The maximum atomic E-state index is 12.3. The second-order valence-corrected chi connectivity index (χ2v) is 6.14. The molecule has 4 rings (SSSR count). The summed E-state index contributed by atoms with van der Waals surface area (Å²) in [6.07, 6.45) is 12.6. The molecule has 5 atom stereocenters. The SMILES string of the molecule is O=C(O[C@@H]1C=C[C@@H]2C=C[C@@H]3C=C[C@H]1[C@@H]32)c1ccc([N+](=O)[O-])cc1. The van der Waals surface area contributed by atoms with Crippen molar-refractivity contribution in [3.8, 4) is 0 Å². The van der Waals surface area contributed by atoms with E-state index in [0.717, 1.165) is 0 Å². The van der Waals surface area contributed by atoms with Crippen LogP contribution in [0.3, 0.4) is 0 Å². The average molecular weight is 309 g/mol. The van der Waals surface area contributed by atoms with Crippen molar-refractivity contribution in [1.29, 1.82) is 0 Å². The lowest BCUT2D eigenvalue weighted by atomic mass is 9.76. The predicted octanol–water partition coefficient (Wildman–Crippen LogP) is 3.29. The minimum absolute atomic E-state index is 0.0412. The van der Waals surface area contributed by atoms with Crippen LogP contribution in [0, 0.1) is 33.8 Å². The zero-order valence-electron chi connectivity index (χ0n) is 12.2. The number of hydrogen-bond acceptors (Lipinski definition) is 4. The zero-order chi connectivity index (χ0) is 16.0. The Morgan fingerprint density at radius 2 is 1.57 bits per heavy atom. The Labute approximate surface area is 133 Å². The highest BCUT2D eigenvalue weighted by atomic mass is 16.6. The van der Waals surface area contributed by atoms with Gasteiger partial charge in [-0.05, 0) is 36.0 Å². The van der Waals surface area contributed by atoms with E-state index in [1.807, 2.05) is 6.08 Å². The van der Waals surface area contributed by atoms with Gasteiger partial charge < -0.3 is 4.74 Å². The summed E-state index contributed by atoms with van der Waals surface area (Å²) in [5, 5.41) is 10.7. The Balaban J connectivity index is 1.50. The maximum Gasteiger partial charge on any atom is 0.338 e. The number of hydrogen-bond donors (Lipinski definition) is 0. The third-order valence-electron chi connectivity index (χ3n) is 4.90. The fourth-order valence-electron chi connectivity index (χ4n) is 3.78. The number of rotatable bonds is 3. The van der Waals surface area contributed by atoms with Gasteiger partial charge in [-0.2, -0.15) is 0 Å². The summed E-state index contributed by atoms with van der Waals surface area (Å²) < 4.78 is 5.64. The van der Waals surface area contributed by atoms with Crippen molar-refractivity contribution in [3.63, 3.8) is 0 Å². The first-order chi connectivity index (χ1) is 11.1. The van der Waals surface area contributed by atoms with Crippen molar-refractivity contribution in [2.45, 2.75) is 6.10 Å². The molecule has 5 heteroatoms. The van der Waals surface area contributed by atoms with E-state index in [1.54, 1.807) is 0 Å². The van der Waals surface area contributed by atoms with E-state index in [0.29, 0.717) is 23.3 Å². The van der Waals surface area contributed by atoms with Gasteiger partial charge in [-0.15, -0.1) is 0 Å². The van der Waals surface area contributed by atoms with Crippen molar-refractivity contribution < 1.29 is 14.5 Å². The number of esters is 1. The number of nitrogens with zero attached hydrogens (tertiary/aromatic N) is 1. The molecule has 5 nitrogen and oxygen atoms in total. The lowest BCUT2D eigenvalue weighted by Crippen LogP contribution is -2.34. The highest BCUT2D eigenvalue weighted by Crippen LogP contribution is 2.47. The van der Waals surface area contributed by atoms with Gasteiger partial charge in [0.2, 0.25) is 0 Å². The largest absolute Gasteiger partial charge is 0.454 e. The van der Waals surface area contributed by atoms with E-state index in [2.05, 4.69) is 30.4 Å². The molecule has 23 heavy (non-hydrogen) atoms. The van der Waals surface area contributed by atoms with Gasteiger partial charge in [0, 0.05) is 18.1 Å². The first-order valence-corrected chi connectivity index (χ1v) is 7.64. The Morgan fingerprint density at radius 1 is 0.957 bits per heavy atom. The van der Waals surface area contributed by atoms with Gasteiger partial charge in [-0.25, -0.2) is 4.79 Å². The molecule has 0 spiro atoms. The van der Waals surface area contributed by atoms with E-state index < -0.39 is 10.9 Å². The third kappa shape index (κ3) is 2.29. The number of nitro groups is 1. The molecule has 0 saturated heterocycles. The second kappa shape index (κ2) is 5.19. The summed E-state index contributed by atoms with van der Waals surface area (Å²) in [4.78, 5) is 22.5. The molecule has 0 aromatic heterocycles. The zero-order valence-corrected chi connectivity index (χ0v) is 12.2. The van der Waals surface area contributed by atoms with Gasteiger partial charge in [-0.3, -0.25) is 10.1 Å². The van der Waals surface area contributed by atoms with Gasteiger partial charge in [0.25, 0.3) is 5.69 Å². The van der Waals surface area contributed by atoms with Crippen LogP contribution in [0.15, 0.2) is 60.7 Å². The number of allylic oxidation sites excluding steroid dienone is 4. The van der Waals surface area contributed by atoms with Crippen molar-refractivity contribution in [2.75, 3.05) is 0 Å². The minimum Gasteiger partial charge on any atom is -0.454 e. The van der Waals surface area contributed by atoms with Gasteiger partial charge in [0.15, 0.2) is 0 Å². The molecule has 0 saturated carbocycles. The highest BCUT2D eigenvalue weighted by molar-refractivity contribution is 5.89. The van der Waals surface area contributed by atoms with Gasteiger partial charge in [0.05, 0.1) is 10.5 Å². The molecule has 0 unspecified atom stereocenters. The summed E-state index contributed by atoms with van der Waals surface area (Å²) in [5.41, 5.74) is 0.287. The summed E-state index contributed by atoms with van der Waals surface area (Å²) in [7, 11) is 0. The first kappa shape index (κ1) is 13.9. The third-order valence-corrected chi connectivity index (χ3v) is 4.90. The monoisotopic (exact) mass is 309 g/mol. The van der Waals surface area contributed by atoms with Crippen LogP contribution in [0.2, 0.25) is 0 Å². The Bertz CT molecular complexity index is 747. The van der Waals surface area contributed by atoms with Gasteiger partial charge in [0.1, 0.15) is 6.10 Å². The number of nitro benzene ring substituents is 1. The fourth-order valence-corrected chi connectivity index (χ4v) is 3.78. The fraction of sp³-hybridized carbons (Fsp3) is 0.278. The quantitative estimate of drug-likeness (QED) is 0.372. The number of carbonyl (C=O) groups excluding carboxylic acids is 1. The summed E-state index contributed by atoms with van der Waals surface area (Å²) in [6, 6.07) is 5.49. The molecule has 0 heterocycles. The van der Waals surface area contributed by atoms with Crippen LogP contribution in [0.1, 0.15) is 10.4 Å². The summed E-state index contributed by atoms with van der Waals surface area (Å²) in [6.45, 7) is 0. The van der Waals surface area contributed by atoms with Crippen molar-refractivity contribution in [2.24, 2.45) is 23.7 Å². The van der Waals surface area contributed by atoms with E-state index >= 15 is 0 Å². The molecular formula is C18H15NO4. The van der Waals surface area contributed by atoms with Crippen molar-refractivity contribution in [1.82, 2.24) is 0 Å². The lowest BCUT2D eigenvalue weighted by Gasteiger charge is -2.33. The topological polar surface area (TPSA) is 69.4 Å². The molecule has 3 aliphatic rings. The second-order valence-electron chi connectivity index (χ2n) is 6.14. The van der Waals surface area contributed by atoms with Crippen LogP contribution in [-0.2, 0) is 4.74 Å². The van der Waals surface area contributed by atoms with Crippen LogP contribution in [0.5, 0.6) is 0 Å². The van der Waals surface area contributed by atoms with E-state index in [-0.39, 0.29) is 17.7 Å². The summed E-state index contributed by atoms with van der Waals surface area (Å²) >= 11 is 0. The highest BCUT2D eigenvalue weighted by Gasteiger charge is 2.44. The predicted molar refractivity (Wildman–Crippen MR) is 83.7 cm³/mol. The smallest absolute Gasteiger partial charge is 0.338 e. The lowest BCUT2D eigenvalue weighted by molar-refractivity contribution is -0.384. The Morgan fingerprint density at radius 3 is 2.22 bits per heavy atom. The molecule has 0 aliphatic heterocycles. The van der Waals surface area contributed by atoms with E-state index in [1.165, 1.54) is 24.3 Å². The molecule has 0 fully saturated rings. The first-order valence-electron chi connectivity index (χ1n) is 7.64. The molecule has 0 radical (unpaired) electrons. The van der Waals surface area contributed by atoms with Crippen LogP contribution in [0.4, 0.5) is 5.69 Å². The van der Waals surface area contributed by atoms with Crippen LogP contribution in [-0.4, -0.2) is 17.0 Å². The van der Waals surface area contributed by atoms with Crippen LogP contribution >= 0.6 is 0 Å². The number of benzene rings is 1. The van der Waals surface area contributed by atoms with Crippen molar-refractivity contribution in [3.05, 3.63) is 76.4 Å². The molecule has 0 N–H and O–H groups in total. The molecule has 0 amide bonds. The van der Waals surface area contributed by atoms with Gasteiger partial charge >= 0.3 is 5.97 Å².